The molecule has 0 amide bonds. The average Bonchev–Trinajstić information content (AvgIpc) is 3.22. The molecule has 0 bridgehead atoms. The number of Topliss-reactive ketones (excluding diaryl/α,β-unsaturated/α-hetero) is 1. The van der Waals surface area contributed by atoms with Gasteiger partial charge in [-0.25, -0.2) is 0 Å². The maximum Gasteiger partial charge on any atom is 0.192 e. The summed E-state index contributed by atoms with van der Waals surface area (Å²) in [4.78, 5) is 16.5. The summed E-state index contributed by atoms with van der Waals surface area (Å²) in [6.45, 7) is 0. The number of hydrogen-bond donors (Lipinski definition) is 0. The Balaban J connectivity index is 1.74. The van der Waals surface area contributed by atoms with Gasteiger partial charge < -0.3 is 4.90 Å². The normalized spacial score (nSPS) is 23.9. The average molecular weight is 305 g/mol. The number of fused-ring (bicyclic) bond motifs is 3. The van der Waals surface area contributed by atoms with Crippen molar-refractivity contribution in [3.05, 3.63) is 70.3 Å². The van der Waals surface area contributed by atoms with Crippen LogP contribution in [0.15, 0.2) is 64.0 Å². The van der Waals surface area contributed by atoms with Crippen LogP contribution >= 0.6 is 11.8 Å². The van der Waals surface area contributed by atoms with Gasteiger partial charge in [-0.15, -0.1) is 0 Å². The van der Waals surface area contributed by atoms with Crippen LogP contribution in [0, 0.1) is 0 Å². The maximum absolute atomic E-state index is 13.0. The number of allylic oxidation sites excluding steroid dienone is 1. The number of benzene rings is 2. The van der Waals surface area contributed by atoms with Crippen molar-refractivity contribution in [2.24, 2.45) is 0 Å². The molecule has 0 radical (unpaired) electrons. The predicted molar refractivity (Wildman–Crippen MR) is 89.4 cm³/mol. The van der Waals surface area contributed by atoms with E-state index in [1.807, 2.05) is 12.1 Å². The lowest BCUT2D eigenvalue weighted by molar-refractivity contribution is 0.103. The number of carbonyl (C=O) groups excluding carboxylic acids is 1. The molecule has 2 aliphatic carbocycles. The van der Waals surface area contributed by atoms with Gasteiger partial charge in [0.05, 0.1) is 10.7 Å². The Labute approximate surface area is 133 Å². The van der Waals surface area contributed by atoms with E-state index in [1.54, 1.807) is 11.8 Å². The number of anilines is 1. The van der Waals surface area contributed by atoms with Crippen LogP contribution in [0.3, 0.4) is 0 Å². The van der Waals surface area contributed by atoms with Gasteiger partial charge in [0, 0.05) is 28.5 Å². The Bertz CT molecular complexity index is 863. The van der Waals surface area contributed by atoms with Crippen molar-refractivity contribution in [2.75, 3.05) is 11.9 Å². The summed E-state index contributed by atoms with van der Waals surface area (Å²) in [6, 6.07) is 16.5. The largest absolute Gasteiger partial charge is 0.338 e. The molecule has 1 heterocycles. The molecule has 3 aliphatic rings. The minimum absolute atomic E-state index is 0.00763. The first-order valence-electron chi connectivity index (χ1n) is 7.62. The first-order valence-corrected chi connectivity index (χ1v) is 8.44. The number of rotatable bonds is 0. The van der Waals surface area contributed by atoms with Gasteiger partial charge >= 0.3 is 0 Å². The van der Waals surface area contributed by atoms with Crippen LogP contribution in [0.5, 0.6) is 0 Å². The Morgan fingerprint density at radius 3 is 2.55 bits per heavy atom. The fraction of sp³-hybridized carbons (Fsp3) is 0.211. The molecule has 0 N–H and O–H groups in total. The van der Waals surface area contributed by atoms with E-state index >= 15 is 0 Å². The molecule has 3 heteroatoms. The van der Waals surface area contributed by atoms with Crippen molar-refractivity contribution in [3.63, 3.8) is 0 Å². The number of hydrogen-bond acceptors (Lipinski definition) is 3. The number of carbonyl (C=O) groups is 1. The van der Waals surface area contributed by atoms with E-state index in [0.717, 1.165) is 29.0 Å². The third kappa shape index (κ3) is 1.40. The van der Waals surface area contributed by atoms with Crippen LogP contribution in [-0.2, 0) is 5.41 Å². The summed E-state index contributed by atoms with van der Waals surface area (Å²) in [5.74, 6) is 0.232. The summed E-state index contributed by atoms with van der Waals surface area (Å²) in [5, 5.41) is 1.12. The van der Waals surface area contributed by atoms with Gasteiger partial charge in [-0.2, -0.15) is 0 Å². The minimum atomic E-state index is -0.00763. The molecule has 1 saturated carbocycles. The van der Waals surface area contributed by atoms with Crippen LogP contribution in [0.1, 0.15) is 28.8 Å². The Morgan fingerprint density at radius 2 is 1.77 bits per heavy atom. The van der Waals surface area contributed by atoms with Crippen LogP contribution < -0.4 is 4.90 Å². The molecule has 108 valence electrons. The molecule has 22 heavy (non-hydrogen) atoms. The van der Waals surface area contributed by atoms with Gasteiger partial charge in [0.15, 0.2) is 5.78 Å². The summed E-state index contributed by atoms with van der Waals surface area (Å²) in [6.07, 6.45) is 2.19. The monoisotopic (exact) mass is 305 g/mol. The van der Waals surface area contributed by atoms with Crippen molar-refractivity contribution < 1.29 is 4.79 Å². The zero-order valence-electron chi connectivity index (χ0n) is 12.3. The lowest BCUT2D eigenvalue weighted by Gasteiger charge is -2.19. The number of nitrogens with zero attached hydrogens (tertiary/aromatic N) is 1. The standard InChI is InChI=1S/C19H15NOS/c1-20-14-8-4-5-9-15(14)22-18(20)16-17(21)12-6-2-3-7-13(12)19(16)10-11-19/h2-9H,10-11H2,1H3/b18-16+. The molecule has 1 aliphatic heterocycles. The summed E-state index contributed by atoms with van der Waals surface area (Å²) in [7, 11) is 2.08. The van der Waals surface area contributed by atoms with E-state index in [-0.39, 0.29) is 11.2 Å². The molecule has 1 spiro atoms. The number of ketones is 1. The molecule has 1 fully saturated rings. The second-order valence-corrected chi connectivity index (χ2v) is 7.30. The lowest BCUT2D eigenvalue weighted by atomic mass is 9.95. The zero-order valence-corrected chi connectivity index (χ0v) is 13.1. The first-order chi connectivity index (χ1) is 10.7. The van der Waals surface area contributed by atoms with E-state index in [9.17, 15) is 4.79 Å². The highest BCUT2D eigenvalue weighted by Gasteiger charge is 2.58. The molecule has 2 aromatic carbocycles. The molecule has 0 aromatic heterocycles. The van der Waals surface area contributed by atoms with Crippen LogP contribution in [0.4, 0.5) is 5.69 Å². The molecule has 2 aromatic rings. The molecule has 0 saturated heterocycles. The Morgan fingerprint density at radius 1 is 1.05 bits per heavy atom. The molecule has 5 rings (SSSR count). The fourth-order valence-corrected chi connectivity index (χ4v) is 5.14. The van der Waals surface area contributed by atoms with E-state index in [0.29, 0.717) is 0 Å². The number of thioether (sulfide) groups is 1. The van der Waals surface area contributed by atoms with Crippen LogP contribution in [-0.4, -0.2) is 12.8 Å². The highest BCUT2D eigenvalue weighted by atomic mass is 32.2. The highest BCUT2D eigenvalue weighted by molar-refractivity contribution is 8.03. The first kappa shape index (κ1) is 12.5. The second kappa shape index (κ2) is 4.05. The van der Waals surface area contributed by atoms with Gasteiger partial charge in [-0.3, -0.25) is 4.79 Å². The SMILES string of the molecule is CN1/C(=C2/C(=O)c3ccccc3C23CC3)Sc2ccccc21. The van der Waals surface area contributed by atoms with Gasteiger partial charge in [-0.05, 0) is 30.5 Å². The summed E-state index contributed by atoms with van der Waals surface area (Å²) < 4.78 is 0. The van der Waals surface area contributed by atoms with E-state index in [1.165, 1.54) is 16.1 Å². The molecule has 0 unspecified atom stereocenters. The van der Waals surface area contributed by atoms with Crippen molar-refractivity contribution in [1.82, 2.24) is 0 Å². The van der Waals surface area contributed by atoms with E-state index in [2.05, 4.69) is 48.3 Å². The smallest absolute Gasteiger partial charge is 0.192 e. The predicted octanol–water partition coefficient (Wildman–Crippen LogP) is 4.37. The molecule has 2 nitrogen and oxygen atoms in total. The number of para-hydroxylation sites is 1. The zero-order chi connectivity index (χ0) is 14.9. The van der Waals surface area contributed by atoms with Crippen molar-refractivity contribution in [2.45, 2.75) is 23.2 Å². The molecule has 0 atom stereocenters. The minimum Gasteiger partial charge on any atom is -0.338 e. The Hall–Kier alpha value is -2.00. The van der Waals surface area contributed by atoms with E-state index in [4.69, 9.17) is 0 Å². The summed E-state index contributed by atoms with van der Waals surface area (Å²) in [5.41, 5.74) is 4.37. The van der Waals surface area contributed by atoms with Gasteiger partial charge in [0.1, 0.15) is 0 Å². The highest BCUT2D eigenvalue weighted by Crippen LogP contribution is 2.63. The topological polar surface area (TPSA) is 20.3 Å². The van der Waals surface area contributed by atoms with E-state index < -0.39 is 0 Å². The molecular formula is C19H15NOS. The Kier molecular flexibility index (Phi) is 2.31. The van der Waals surface area contributed by atoms with Crippen molar-refractivity contribution in [3.8, 4) is 0 Å². The summed E-state index contributed by atoms with van der Waals surface area (Å²) >= 11 is 1.74. The second-order valence-electron chi connectivity index (χ2n) is 6.27. The van der Waals surface area contributed by atoms with Gasteiger partial charge in [0.2, 0.25) is 0 Å². The quantitative estimate of drug-likeness (QED) is 0.674. The van der Waals surface area contributed by atoms with Crippen LogP contribution in [0.2, 0.25) is 0 Å². The van der Waals surface area contributed by atoms with Gasteiger partial charge in [-0.1, -0.05) is 48.2 Å². The fourth-order valence-electron chi connectivity index (χ4n) is 3.85. The third-order valence-corrected chi connectivity index (χ3v) is 6.33. The van der Waals surface area contributed by atoms with Crippen molar-refractivity contribution in [1.29, 1.82) is 0 Å². The van der Waals surface area contributed by atoms with Gasteiger partial charge in [0.25, 0.3) is 0 Å². The third-order valence-electron chi connectivity index (χ3n) is 5.09. The maximum atomic E-state index is 13.0. The molecular weight excluding hydrogens is 290 g/mol. The lowest BCUT2D eigenvalue weighted by Crippen LogP contribution is -2.18. The van der Waals surface area contributed by atoms with Crippen molar-refractivity contribution >= 4 is 23.2 Å². The van der Waals surface area contributed by atoms with Crippen LogP contribution in [0.25, 0.3) is 0 Å².